The maximum Gasteiger partial charge on any atom is 0.414 e. The molecule has 0 atom stereocenters. The first-order valence-corrected chi connectivity index (χ1v) is 4.89. The monoisotopic (exact) mass is 223 g/mol. The highest BCUT2D eigenvalue weighted by atomic mass is 16.6. The van der Waals surface area contributed by atoms with Crippen molar-refractivity contribution in [2.24, 2.45) is 7.05 Å². The quantitative estimate of drug-likeness (QED) is 0.825. The molecule has 2 N–H and O–H groups in total. The first-order chi connectivity index (χ1) is 7.63. The number of aromatic nitrogens is 4. The minimum absolute atomic E-state index is 0.135. The first-order valence-electron chi connectivity index (χ1n) is 4.89. The predicted octanol–water partition coefficient (Wildman–Crippen LogP) is 0.759. The van der Waals surface area contributed by atoms with Crippen LogP contribution in [0.25, 0.3) is 11.6 Å². The molecule has 0 amide bonds. The fourth-order valence-electron chi connectivity index (χ4n) is 1.42. The second kappa shape index (κ2) is 3.84. The number of anilines is 1. The third kappa shape index (κ3) is 1.60. The van der Waals surface area contributed by atoms with Gasteiger partial charge in [0.15, 0.2) is 0 Å². The maximum absolute atomic E-state index is 5.87. The van der Waals surface area contributed by atoms with Gasteiger partial charge in [0, 0.05) is 7.05 Å². The Kier molecular flexibility index (Phi) is 2.51. The van der Waals surface area contributed by atoms with Crippen LogP contribution in [0.2, 0.25) is 0 Å². The molecule has 7 heteroatoms. The van der Waals surface area contributed by atoms with Crippen LogP contribution in [-0.2, 0) is 7.05 Å². The summed E-state index contributed by atoms with van der Waals surface area (Å²) in [6.45, 7) is 4.13. The van der Waals surface area contributed by atoms with Crippen molar-refractivity contribution in [1.29, 1.82) is 0 Å². The van der Waals surface area contributed by atoms with E-state index in [1.165, 1.54) is 0 Å². The lowest BCUT2D eigenvalue weighted by molar-refractivity contribution is 0.246. The molecule has 0 fully saturated rings. The number of ether oxygens (including phenoxy) is 1. The average molecular weight is 223 g/mol. The number of nitrogens with two attached hydrogens (primary N) is 1. The zero-order valence-corrected chi connectivity index (χ0v) is 9.39. The zero-order valence-electron chi connectivity index (χ0n) is 9.39. The zero-order chi connectivity index (χ0) is 11.7. The average Bonchev–Trinajstić information content (AvgIpc) is 2.75. The maximum atomic E-state index is 5.87. The molecule has 0 aliphatic rings. The highest BCUT2D eigenvalue weighted by molar-refractivity contribution is 5.68. The van der Waals surface area contributed by atoms with E-state index >= 15 is 0 Å². The smallest absolute Gasteiger partial charge is 0.414 e. The Morgan fingerprint density at radius 2 is 2.19 bits per heavy atom. The van der Waals surface area contributed by atoms with Crippen LogP contribution in [-0.4, -0.2) is 26.6 Å². The molecule has 0 aliphatic heterocycles. The van der Waals surface area contributed by atoms with E-state index in [1.807, 2.05) is 13.8 Å². The van der Waals surface area contributed by atoms with Crippen molar-refractivity contribution in [2.75, 3.05) is 12.3 Å². The lowest BCUT2D eigenvalue weighted by Gasteiger charge is -1.96. The standard InChI is InChI=1S/C9H13N5O2/c1-4-15-9-12-11-8(16-9)7-6(10)5(2)13-14(7)3/h4,10H2,1-3H3. The summed E-state index contributed by atoms with van der Waals surface area (Å²) in [5, 5.41) is 11.8. The van der Waals surface area contributed by atoms with Gasteiger partial charge in [0.2, 0.25) is 0 Å². The van der Waals surface area contributed by atoms with Crippen LogP contribution < -0.4 is 10.5 Å². The Balaban J connectivity index is 2.42. The van der Waals surface area contributed by atoms with Crippen molar-refractivity contribution in [3.05, 3.63) is 5.69 Å². The number of nitrogen functional groups attached to an aromatic ring is 1. The summed E-state index contributed by atoms with van der Waals surface area (Å²) >= 11 is 0. The van der Waals surface area contributed by atoms with Gasteiger partial charge in [-0.25, -0.2) is 0 Å². The molecule has 2 aromatic rings. The minimum Gasteiger partial charge on any atom is -0.449 e. The van der Waals surface area contributed by atoms with Crippen molar-refractivity contribution in [3.8, 4) is 17.7 Å². The highest BCUT2D eigenvalue weighted by Gasteiger charge is 2.18. The molecule has 0 saturated heterocycles. The van der Waals surface area contributed by atoms with Crippen LogP contribution in [0, 0.1) is 6.92 Å². The van der Waals surface area contributed by atoms with Crippen LogP contribution in [0.15, 0.2) is 4.42 Å². The molecule has 2 aromatic heterocycles. The van der Waals surface area contributed by atoms with Crippen LogP contribution in [0.3, 0.4) is 0 Å². The molecule has 0 saturated carbocycles. The summed E-state index contributed by atoms with van der Waals surface area (Å²) in [6.07, 6.45) is 0.135. The van der Waals surface area contributed by atoms with Gasteiger partial charge in [-0.1, -0.05) is 5.10 Å². The molecule has 16 heavy (non-hydrogen) atoms. The summed E-state index contributed by atoms with van der Waals surface area (Å²) in [7, 11) is 1.77. The first kappa shape index (κ1) is 10.5. The molecule has 0 bridgehead atoms. The largest absolute Gasteiger partial charge is 0.449 e. The van der Waals surface area contributed by atoms with E-state index in [-0.39, 0.29) is 6.08 Å². The van der Waals surface area contributed by atoms with Crippen LogP contribution >= 0.6 is 0 Å². The van der Waals surface area contributed by atoms with Crippen molar-refractivity contribution < 1.29 is 9.15 Å². The number of aryl methyl sites for hydroxylation is 2. The van der Waals surface area contributed by atoms with Gasteiger partial charge in [-0.3, -0.25) is 4.68 Å². The number of nitrogens with zero attached hydrogens (tertiary/aromatic N) is 4. The Bertz CT molecular complexity index is 502. The minimum atomic E-state index is 0.135. The molecule has 0 aliphatic carbocycles. The number of rotatable bonds is 3. The normalized spacial score (nSPS) is 10.7. The van der Waals surface area contributed by atoms with E-state index in [1.54, 1.807) is 11.7 Å². The third-order valence-corrected chi connectivity index (χ3v) is 2.15. The molecule has 0 spiro atoms. The summed E-state index contributed by atoms with van der Waals surface area (Å²) in [5.41, 5.74) is 7.74. The highest BCUT2D eigenvalue weighted by Crippen LogP contribution is 2.27. The summed E-state index contributed by atoms with van der Waals surface area (Å²) < 4.78 is 12.0. The van der Waals surface area contributed by atoms with E-state index in [2.05, 4.69) is 15.3 Å². The van der Waals surface area contributed by atoms with Gasteiger partial charge in [0.1, 0.15) is 5.69 Å². The van der Waals surface area contributed by atoms with Gasteiger partial charge >= 0.3 is 6.08 Å². The van der Waals surface area contributed by atoms with Crippen LogP contribution in [0.4, 0.5) is 5.69 Å². The van der Waals surface area contributed by atoms with E-state index in [0.717, 1.165) is 5.69 Å². The SMILES string of the molecule is CCOc1nnc(-c2c(N)c(C)nn2C)o1. The second-order valence-electron chi connectivity index (χ2n) is 3.28. The Hall–Kier alpha value is -2.05. The van der Waals surface area contributed by atoms with Gasteiger partial charge in [0.25, 0.3) is 5.89 Å². The number of hydrogen-bond acceptors (Lipinski definition) is 6. The van der Waals surface area contributed by atoms with Gasteiger partial charge in [-0.05, 0) is 13.8 Å². The molecular formula is C9H13N5O2. The van der Waals surface area contributed by atoms with Gasteiger partial charge in [-0.2, -0.15) is 5.10 Å². The lowest BCUT2D eigenvalue weighted by atomic mass is 10.3. The van der Waals surface area contributed by atoms with Gasteiger partial charge < -0.3 is 14.9 Å². The summed E-state index contributed by atoms with van der Waals surface area (Å²) in [4.78, 5) is 0. The van der Waals surface area contributed by atoms with Crippen LogP contribution in [0.1, 0.15) is 12.6 Å². The fraction of sp³-hybridized carbons (Fsp3) is 0.444. The van der Waals surface area contributed by atoms with Crippen molar-refractivity contribution >= 4 is 5.69 Å². The molecule has 0 unspecified atom stereocenters. The Labute approximate surface area is 92.2 Å². The molecule has 0 aromatic carbocycles. The lowest BCUT2D eigenvalue weighted by Crippen LogP contribution is -1.95. The van der Waals surface area contributed by atoms with Crippen molar-refractivity contribution in [1.82, 2.24) is 20.0 Å². The van der Waals surface area contributed by atoms with Crippen LogP contribution in [0.5, 0.6) is 6.08 Å². The van der Waals surface area contributed by atoms with Gasteiger partial charge in [-0.15, -0.1) is 5.10 Å². The van der Waals surface area contributed by atoms with E-state index in [9.17, 15) is 0 Å². The number of hydrogen-bond donors (Lipinski definition) is 1. The predicted molar refractivity (Wildman–Crippen MR) is 56.8 cm³/mol. The second-order valence-corrected chi connectivity index (χ2v) is 3.28. The Morgan fingerprint density at radius 3 is 2.75 bits per heavy atom. The van der Waals surface area contributed by atoms with E-state index in [4.69, 9.17) is 14.9 Å². The molecular weight excluding hydrogens is 210 g/mol. The summed E-state index contributed by atoms with van der Waals surface area (Å²) in [5.74, 6) is 0.309. The summed E-state index contributed by atoms with van der Waals surface area (Å²) in [6, 6.07) is 0. The topological polar surface area (TPSA) is 92.0 Å². The van der Waals surface area contributed by atoms with Crippen molar-refractivity contribution in [3.63, 3.8) is 0 Å². The molecule has 7 nitrogen and oxygen atoms in total. The fourth-order valence-corrected chi connectivity index (χ4v) is 1.42. The van der Waals surface area contributed by atoms with Crippen molar-refractivity contribution in [2.45, 2.75) is 13.8 Å². The van der Waals surface area contributed by atoms with Gasteiger partial charge in [0.05, 0.1) is 18.0 Å². The molecule has 0 radical (unpaired) electrons. The Morgan fingerprint density at radius 1 is 1.44 bits per heavy atom. The molecule has 2 rings (SSSR count). The molecule has 86 valence electrons. The van der Waals surface area contributed by atoms with E-state index < -0.39 is 0 Å². The third-order valence-electron chi connectivity index (χ3n) is 2.15. The molecule has 2 heterocycles. The van der Waals surface area contributed by atoms with E-state index in [0.29, 0.717) is 23.9 Å².